The second kappa shape index (κ2) is 10.5. The zero-order chi connectivity index (χ0) is 25.1. The van der Waals surface area contributed by atoms with Crippen molar-refractivity contribution in [2.45, 2.75) is 39.2 Å². The molecule has 1 fully saturated rings. The van der Waals surface area contributed by atoms with Crippen molar-refractivity contribution >= 4 is 17.8 Å². The number of benzene rings is 2. The van der Waals surface area contributed by atoms with E-state index >= 15 is 0 Å². The molecule has 1 N–H and O–H groups in total. The van der Waals surface area contributed by atoms with E-state index in [0.717, 1.165) is 60.0 Å². The molecular formula is C29H33N5O2. The number of nitrogens with zero attached hydrogens (tertiary/aromatic N) is 4. The van der Waals surface area contributed by atoms with Gasteiger partial charge in [0.25, 0.3) is 5.91 Å². The summed E-state index contributed by atoms with van der Waals surface area (Å²) in [6.07, 6.45) is 1.55. The molecule has 0 aliphatic carbocycles. The van der Waals surface area contributed by atoms with Crippen molar-refractivity contribution in [3.63, 3.8) is 0 Å². The van der Waals surface area contributed by atoms with Crippen LogP contribution in [0.3, 0.4) is 0 Å². The van der Waals surface area contributed by atoms with Gasteiger partial charge in [-0.05, 0) is 49.9 Å². The van der Waals surface area contributed by atoms with E-state index in [-0.39, 0.29) is 23.7 Å². The molecule has 0 unspecified atom stereocenters. The molecule has 2 amide bonds. The summed E-state index contributed by atoms with van der Waals surface area (Å²) >= 11 is 0. The van der Waals surface area contributed by atoms with Gasteiger partial charge in [-0.1, -0.05) is 48.5 Å². The van der Waals surface area contributed by atoms with Crippen LogP contribution >= 0.6 is 0 Å². The van der Waals surface area contributed by atoms with Gasteiger partial charge in [0, 0.05) is 61.5 Å². The third-order valence-corrected chi connectivity index (χ3v) is 7.25. The summed E-state index contributed by atoms with van der Waals surface area (Å²) in [7, 11) is 0. The molecule has 1 aromatic heterocycles. The number of hydrogen-bond donors (Lipinski definition) is 1. The van der Waals surface area contributed by atoms with Gasteiger partial charge in [-0.3, -0.25) is 9.59 Å². The summed E-state index contributed by atoms with van der Waals surface area (Å²) in [5, 5.41) is 3.21. The van der Waals surface area contributed by atoms with Crippen LogP contribution in [0.15, 0.2) is 60.7 Å². The smallest absolute Gasteiger partial charge is 0.254 e. The maximum Gasteiger partial charge on any atom is 0.254 e. The van der Waals surface area contributed by atoms with Gasteiger partial charge in [0.2, 0.25) is 11.9 Å². The van der Waals surface area contributed by atoms with E-state index in [1.54, 1.807) is 0 Å². The first-order valence-corrected chi connectivity index (χ1v) is 12.7. The second-order valence-electron chi connectivity index (χ2n) is 9.91. The molecule has 0 radical (unpaired) electrons. The lowest BCUT2D eigenvalue weighted by Crippen LogP contribution is -2.43. The maximum atomic E-state index is 13.1. The van der Waals surface area contributed by atoms with Gasteiger partial charge in [-0.15, -0.1) is 0 Å². The number of nitrogens with one attached hydrogen (secondary N) is 1. The van der Waals surface area contributed by atoms with Crippen LogP contribution in [0.4, 0.5) is 5.95 Å². The number of carbonyl (C=O) groups excluding carboxylic acids is 2. The molecule has 2 aliphatic heterocycles. The molecule has 5 rings (SSSR count). The standard InChI is InChI=1S/C29H33N5O2/c1-20-16-21(2)32-29(31-20)33-14-12-23(13-15-33)27(35)30-17-25(22-8-4-3-5-9-22)19-34-18-24-10-6-7-11-26(24)28(34)36/h3-11,16,23,25H,12-15,17-19H2,1-2H3,(H,30,35)/t25-/m0/s1. The lowest BCUT2D eigenvalue weighted by molar-refractivity contribution is -0.125. The molecule has 36 heavy (non-hydrogen) atoms. The molecule has 7 nitrogen and oxygen atoms in total. The Morgan fingerprint density at radius 1 is 1.00 bits per heavy atom. The highest BCUT2D eigenvalue weighted by molar-refractivity contribution is 5.98. The molecular weight excluding hydrogens is 450 g/mol. The number of piperidine rings is 1. The molecule has 3 heterocycles. The van der Waals surface area contributed by atoms with Gasteiger partial charge in [0.1, 0.15) is 0 Å². The first kappa shape index (κ1) is 24.0. The largest absolute Gasteiger partial charge is 0.355 e. The van der Waals surface area contributed by atoms with E-state index in [1.165, 1.54) is 0 Å². The first-order valence-electron chi connectivity index (χ1n) is 12.7. The van der Waals surface area contributed by atoms with Crippen LogP contribution in [-0.4, -0.2) is 52.9 Å². The minimum atomic E-state index is -0.0266. The van der Waals surface area contributed by atoms with Gasteiger partial charge in [-0.2, -0.15) is 0 Å². The number of rotatable bonds is 7. The molecule has 186 valence electrons. The minimum absolute atomic E-state index is 0.0252. The fraction of sp³-hybridized carbons (Fsp3) is 0.379. The van der Waals surface area contributed by atoms with Crippen LogP contribution in [0.2, 0.25) is 0 Å². The van der Waals surface area contributed by atoms with Crippen LogP contribution in [-0.2, 0) is 11.3 Å². The highest BCUT2D eigenvalue weighted by Gasteiger charge is 2.30. The van der Waals surface area contributed by atoms with Crippen LogP contribution in [0, 0.1) is 19.8 Å². The van der Waals surface area contributed by atoms with Crippen molar-refractivity contribution in [1.29, 1.82) is 0 Å². The Morgan fingerprint density at radius 2 is 1.67 bits per heavy atom. The van der Waals surface area contributed by atoms with Crippen molar-refractivity contribution in [1.82, 2.24) is 20.2 Å². The molecule has 0 saturated carbocycles. The van der Waals surface area contributed by atoms with Crippen LogP contribution in [0.5, 0.6) is 0 Å². The van der Waals surface area contributed by atoms with E-state index in [9.17, 15) is 9.59 Å². The minimum Gasteiger partial charge on any atom is -0.355 e. The van der Waals surface area contributed by atoms with Crippen molar-refractivity contribution < 1.29 is 9.59 Å². The Bertz CT molecular complexity index is 1220. The Kier molecular flexibility index (Phi) is 6.98. The third kappa shape index (κ3) is 5.25. The number of aromatic nitrogens is 2. The highest BCUT2D eigenvalue weighted by Crippen LogP contribution is 2.27. The summed E-state index contributed by atoms with van der Waals surface area (Å²) in [6.45, 7) is 7.19. The maximum absolute atomic E-state index is 13.1. The Morgan fingerprint density at radius 3 is 2.36 bits per heavy atom. The van der Waals surface area contributed by atoms with Crippen LogP contribution < -0.4 is 10.2 Å². The number of fused-ring (bicyclic) bond motifs is 1. The van der Waals surface area contributed by atoms with Gasteiger partial charge in [0.15, 0.2) is 0 Å². The Labute approximate surface area is 212 Å². The number of amides is 2. The SMILES string of the molecule is Cc1cc(C)nc(N2CCC(C(=O)NC[C@@H](CN3Cc4ccccc4C3=O)c3ccccc3)CC2)n1. The normalized spacial score (nSPS) is 16.7. The predicted octanol–water partition coefficient (Wildman–Crippen LogP) is 3.87. The molecule has 2 aromatic carbocycles. The van der Waals surface area contributed by atoms with Gasteiger partial charge in [0.05, 0.1) is 0 Å². The predicted molar refractivity (Wildman–Crippen MR) is 140 cm³/mol. The molecule has 0 bridgehead atoms. The summed E-state index contributed by atoms with van der Waals surface area (Å²) in [4.78, 5) is 39.3. The van der Waals surface area contributed by atoms with Crippen molar-refractivity contribution in [3.05, 3.63) is 88.7 Å². The summed E-state index contributed by atoms with van der Waals surface area (Å²) in [6, 6.07) is 19.9. The molecule has 7 heteroatoms. The quantitative estimate of drug-likeness (QED) is 0.552. The van der Waals surface area contributed by atoms with Gasteiger partial charge in [-0.25, -0.2) is 9.97 Å². The molecule has 0 spiro atoms. The number of aryl methyl sites for hydroxylation is 2. The Hall–Kier alpha value is -3.74. The third-order valence-electron chi connectivity index (χ3n) is 7.25. The van der Waals surface area contributed by atoms with E-state index in [4.69, 9.17) is 0 Å². The van der Waals surface area contributed by atoms with Gasteiger partial charge >= 0.3 is 0 Å². The topological polar surface area (TPSA) is 78.4 Å². The van der Waals surface area contributed by atoms with Crippen LogP contribution in [0.25, 0.3) is 0 Å². The zero-order valence-electron chi connectivity index (χ0n) is 21.0. The average Bonchev–Trinajstić information content (AvgIpc) is 3.21. The summed E-state index contributed by atoms with van der Waals surface area (Å²) < 4.78 is 0. The van der Waals surface area contributed by atoms with E-state index in [0.29, 0.717) is 19.6 Å². The van der Waals surface area contributed by atoms with Gasteiger partial charge < -0.3 is 15.1 Å². The van der Waals surface area contributed by atoms with Crippen molar-refractivity contribution in [2.24, 2.45) is 5.92 Å². The number of hydrogen-bond acceptors (Lipinski definition) is 5. The molecule has 2 aliphatic rings. The molecule has 1 atom stereocenters. The second-order valence-corrected chi connectivity index (χ2v) is 9.91. The fourth-order valence-corrected chi connectivity index (χ4v) is 5.30. The lowest BCUT2D eigenvalue weighted by atomic mass is 9.94. The monoisotopic (exact) mass is 483 g/mol. The molecule has 1 saturated heterocycles. The first-order chi connectivity index (χ1) is 17.5. The summed E-state index contributed by atoms with van der Waals surface area (Å²) in [5.74, 6) is 0.914. The van der Waals surface area contributed by atoms with E-state index < -0.39 is 0 Å². The fourth-order valence-electron chi connectivity index (χ4n) is 5.30. The summed E-state index contributed by atoms with van der Waals surface area (Å²) in [5.41, 5.74) is 4.90. The highest BCUT2D eigenvalue weighted by atomic mass is 16.2. The van der Waals surface area contributed by atoms with Crippen molar-refractivity contribution in [3.8, 4) is 0 Å². The average molecular weight is 484 g/mol. The number of carbonyl (C=O) groups is 2. The van der Waals surface area contributed by atoms with Crippen LogP contribution in [0.1, 0.15) is 51.6 Å². The van der Waals surface area contributed by atoms with E-state index in [1.807, 2.05) is 67.3 Å². The molecule has 3 aromatic rings. The lowest BCUT2D eigenvalue weighted by Gasteiger charge is -2.32. The number of anilines is 1. The van der Waals surface area contributed by atoms with Crippen molar-refractivity contribution in [2.75, 3.05) is 31.1 Å². The zero-order valence-corrected chi connectivity index (χ0v) is 21.0. The van der Waals surface area contributed by atoms with E-state index in [2.05, 4.69) is 32.3 Å². The Balaban J connectivity index is 1.20.